The molecule has 1 amide bonds. The third kappa shape index (κ3) is 5.05. The molecular weight excluding hydrogens is 324 g/mol. The Hall–Kier alpha value is -1.38. The fraction of sp³-hybridized carbons (Fsp3) is 0.882. The minimum absolute atomic E-state index is 0.0153. The van der Waals surface area contributed by atoms with Gasteiger partial charge < -0.3 is 29.7 Å². The van der Waals surface area contributed by atoms with Crippen molar-refractivity contribution in [1.82, 2.24) is 15.5 Å². The van der Waals surface area contributed by atoms with Gasteiger partial charge in [-0.25, -0.2) is 4.99 Å². The molecule has 1 spiro atoms. The molecule has 1 atom stereocenters. The molecule has 2 aliphatic heterocycles. The van der Waals surface area contributed by atoms with Crippen molar-refractivity contribution in [3.8, 4) is 0 Å². The standard InChI is InChI=1S/C17H30N4O4/c1-21(2)15(22)12-18-16(19-13-4-7-23-8-5-13)20-14-3-6-17(11-14)24-9-10-25-17/h13-14H,3-12H2,1-2H3,(H2,18,19,20). The van der Waals surface area contributed by atoms with E-state index >= 15 is 0 Å². The average Bonchev–Trinajstić information content (AvgIpc) is 3.23. The zero-order chi connectivity index (χ0) is 17.7. The van der Waals surface area contributed by atoms with E-state index in [-0.39, 0.29) is 18.5 Å². The second-order valence-corrected chi connectivity index (χ2v) is 7.18. The lowest BCUT2D eigenvalue weighted by molar-refractivity contribution is -0.151. The largest absolute Gasteiger partial charge is 0.381 e. The van der Waals surface area contributed by atoms with Crippen LogP contribution in [-0.4, -0.2) is 81.7 Å². The van der Waals surface area contributed by atoms with Gasteiger partial charge in [0.1, 0.15) is 6.54 Å². The highest BCUT2D eigenvalue weighted by Gasteiger charge is 2.44. The number of ether oxygens (including phenoxy) is 3. The number of hydrogen-bond acceptors (Lipinski definition) is 5. The van der Waals surface area contributed by atoms with Crippen molar-refractivity contribution in [1.29, 1.82) is 0 Å². The van der Waals surface area contributed by atoms with Crippen LogP contribution in [0.15, 0.2) is 4.99 Å². The number of guanidine groups is 1. The number of nitrogens with one attached hydrogen (secondary N) is 2. The molecule has 3 aliphatic rings. The van der Waals surface area contributed by atoms with Crippen molar-refractivity contribution in [2.24, 2.45) is 4.99 Å². The number of hydrogen-bond donors (Lipinski definition) is 2. The summed E-state index contributed by atoms with van der Waals surface area (Å²) in [7, 11) is 3.48. The maximum atomic E-state index is 11.9. The first kappa shape index (κ1) is 18.4. The molecule has 8 nitrogen and oxygen atoms in total. The molecule has 0 aromatic rings. The van der Waals surface area contributed by atoms with E-state index in [1.165, 1.54) is 0 Å². The van der Waals surface area contributed by atoms with E-state index in [2.05, 4.69) is 15.6 Å². The van der Waals surface area contributed by atoms with Crippen LogP contribution in [0, 0.1) is 0 Å². The highest BCUT2D eigenvalue weighted by Crippen LogP contribution is 2.37. The summed E-state index contributed by atoms with van der Waals surface area (Å²) in [6, 6.07) is 0.558. The Bertz CT molecular complexity index is 485. The van der Waals surface area contributed by atoms with E-state index < -0.39 is 5.79 Å². The first-order valence-electron chi connectivity index (χ1n) is 9.20. The molecule has 3 rings (SSSR count). The summed E-state index contributed by atoms with van der Waals surface area (Å²) >= 11 is 0. The molecule has 0 aromatic carbocycles. The molecule has 1 aliphatic carbocycles. The lowest BCUT2D eigenvalue weighted by Crippen LogP contribution is -2.49. The third-order valence-corrected chi connectivity index (χ3v) is 5.02. The number of carbonyl (C=O) groups excluding carboxylic acids is 1. The number of nitrogens with zero attached hydrogens (tertiary/aromatic N) is 2. The van der Waals surface area contributed by atoms with Crippen LogP contribution >= 0.6 is 0 Å². The van der Waals surface area contributed by atoms with Crippen molar-refractivity contribution in [3.05, 3.63) is 0 Å². The summed E-state index contributed by atoms with van der Waals surface area (Å²) in [5.41, 5.74) is 0. The molecule has 1 saturated carbocycles. The number of amides is 1. The molecule has 3 fully saturated rings. The first-order valence-corrected chi connectivity index (χ1v) is 9.20. The van der Waals surface area contributed by atoms with Gasteiger partial charge in [0.05, 0.1) is 13.2 Å². The zero-order valence-corrected chi connectivity index (χ0v) is 15.3. The number of aliphatic imine (C=N–C) groups is 1. The summed E-state index contributed by atoms with van der Waals surface area (Å²) in [5, 5.41) is 6.94. The Balaban J connectivity index is 1.59. The highest BCUT2D eigenvalue weighted by atomic mass is 16.7. The summed E-state index contributed by atoms with van der Waals surface area (Å²) in [5.74, 6) is 0.265. The van der Waals surface area contributed by atoms with Gasteiger partial charge in [-0.3, -0.25) is 4.79 Å². The topological polar surface area (TPSA) is 84.4 Å². The van der Waals surface area contributed by atoms with E-state index in [9.17, 15) is 4.79 Å². The molecule has 0 bridgehead atoms. The molecule has 142 valence electrons. The van der Waals surface area contributed by atoms with Crippen molar-refractivity contribution in [2.75, 3.05) is 47.1 Å². The van der Waals surface area contributed by atoms with Crippen molar-refractivity contribution in [3.63, 3.8) is 0 Å². The first-order chi connectivity index (χ1) is 12.1. The summed E-state index contributed by atoms with van der Waals surface area (Å²) < 4.78 is 17.0. The predicted molar refractivity (Wildman–Crippen MR) is 93.4 cm³/mol. The van der Waals surface area contributed by atoms with E-state index in [1.807, 2.05) is 0 Å². The lowest BCUT2D eigenvalue weighted by Gasteiger charge is -2.27. The SMILES string of the molecule is CN(C)C(=O)CN=C(NC1CCOCC1)NC1CCC2(C1)OCCO2. The van der Waals surface area contributed by atoms with Gasteiger partial charge in [-0.15, -0.1) is 0 Å². The Morgan fingerprint density at radius 1 is 1.08 bits per heavy atom. The Morgan fingerprint density at radius 2 is 1.76 bits per heavy atom. The van der Waals surface area contributed by atoms with Gasteiger partial charge in [-0.1, -0.05) is 0 Å². The Kier molecular flexibility index (Phi) is 6.14. The molecule has 0 radical (unpaired) electrons. The van der Waals surface area contributed by atoms with Crippen molar-refractivity contribution < 1.29 is 19.0 Å². The fourth-order valence-corrected chi connectivity index (χ4v) is 3.51. The predicted octanol–water partition coefficient (Wildman–Crippen LogP) is 0.0844. The van der Waals surface area contributed by atoms with Crippen LogP contribution in [0.2, 0.25) is 0 Å². The molecule has 2 N–H and O–H groups in total. The Labute approximate surface area is 149 Å². The summed E-state index contributed by atoms with van der Waals surface area (Å²) in [6.45, 7) is 3.00. The third-order valence-electron chi connectivity index (χ3n) is 5.02. The monoisotopic (exact) mass is 354 g/mol. The van der Waals surface area contributed by atoms with E-state index in [1.54, 1.807) is 19.0 Å². The van der Waals surface area contributed by atoms with E-state index in [0.29, 0.717) is 25.2 Å². The molecule has 25 heavy (non-hydrogen) atoms. The van der Waals surface area contributed by atoms with Crippen LogP contribution in [0.5, 0.6) is 0 Å². The highest BCUT2D eigenvalue weighted by molar-refractivity contribution is 5.85. The normalized spacial score (nSPS) is 26.8. The Morgan fingerprint density at radius 3 is 2.44 bits per heavy atom. The van der Waals surface area contributed by atoms with Gasteiger partial charge in [0, 0.05) is 52.2 Å². The smallest absolute Gasteiger partial charge is 0.243 e. The molecule has 2 saturated heterocycles. The maximum absolute atomic E-state index is 11.9. The second-order valence-electron chi connectivity index (χ2n) is 7.18. The van der Waals surface area contributed by atoms with Gasteiger partial charge >= 0.3 is 0 Å². The minimum Gasteiger partial charge on any atom is -0.381 e. The summed E-state index contributed by atoms with van der Waals surface area (Å²) in [4.78, 5) is 17.9. The zero-order valence-electron chi connectivity index (χ0n) is 15.3. The molecule has 1 unspecified atom stereocenters. The van der Waals surface area contributed by atoms with Crippen LogP contribution in [0.1, 0.15) is 32.1 Å². The molecule has 0 aromatic heterocycles. The van der Waals surface area contributed by atoms with Crippen molar-refractivity contribution in [2.45, 2.75) is 50.0 Å². The van der Waals surface area contributed by atoms with Gasteiger partial charge in [-0.2, -0.15) is 0 Å². The number of likely N-dealkylation sites (N-methyl/N-ethyl adjacent to an activating group) is 1. The van der Waals surface area contributed by atoms with Crippen molar-refractivity contribution >= 4 is 11.9 Å². The molecular formula is C17H30N4O4. The van der Waals surface area contributed by atoms with E-state index in [0.717, 1.165) is 45.3 Å². The van der Waals surface area contributed by atoms with Crippen LogP contribution < -0.4 is 10.6 Å². The number of carbonyl (C=O) groups is 1. The fourth-order valence-electron chi connectivity index (χ4n) is 3.51. The van der Waals surface area contributed by atoms with Gasteiger partial charge in [-0.05, 0) is 19.3 Å². The van der Waals surface area contributed by atoms with Gasteiger partial charge in [0.25, 0.3) is 0 Å². The van der Waals surface area contributed by atoms with E-state index in [4.69, 9.17) is 14.2 Å². The molecule has 2 heterocycles. The van der Waals surface area contributed by atoms with Gasteiger partial charge in [0.15, 0.2) is 11.7 Å². The minimum atomic E-state index is -0.416. The second kappa shape index (κ2) is 8.33. The van der Waals surface area contributed by atoms with Crippen LogP contribution in [0.4, 0.5) is 0 Å². The summed E-state index contributed by atoms with van der Waals surface area (Å²) in [6.07, 6.45) is 4.57. The van der Waals surface area contributed by atoms with Gasteiger partial charge in [0.2, 0.25) is 5.91 Å². The number of rotatable bonds is 4. The van der Waals surface area contributed by atoms with Crippen LogP contribution in [0.3, 0.4) is 0 Å². The molecule has 8 heteroatoms. The maximum Gasteiger partial charge on any atom is 0.243 e. The van der Waals surface area contributed by atoms with Crippen LogP contribution in [0.25, 0.3) is 0 Å². The van der Waals surface area contributed by atoms with Crippen LogP contribution in [-0.2, 0) is 19.0 Å². The quantitative estimate of drug-likeness (QED) is 0.550. The average molecular weight is 354 g/mol. The lowest BCUT2D eigenvalue weighted by atomic mass is 10.1.